The van der Waals surface area contributed by atoms with Gasteiger partial charge in [0.25, 0.3) is 0 Å². The minimum atomic E-state index is -0.521. The highest BCUT2D eigenvalue weighted by Gasteiger charge is 2.10. The lowest BCUT2D eigenvalue weighted by molar-refractivity contribution is 0.0601. The molecular weight excluding hydrogens is 220 g/mol. The van der Waals surface area contributed by atoms with Gasteiger partial charge < -0.3 is 4.74 Å². The zero-order valence-corrected chi connectivity index (χ0v) is 8.65. The highest BCUT2D eigenvalue weighted by molar-refractivity contribution is 6.33. The van der Waals surface area contributed by atoms with Crippen LogP contribution >= 0.6 is 11.6 Å². The summed E-state index contributed by atoms with van der Waals surface area (Å²) in [5.74, 6) is -0.521. The Balaban J connectivity index is 3.05. The Hall–Kier alpha value is -1.59. The second-order valence-electron chi connectivity index (χ2n) is 2.59. The van der Waals surface area contributed by atoms with Gasteiger partial charge in [-0.25, -0.2) is 4.79 Å². The maximum absolute atomic E-state index is 11.2. The van der Waals surface area contributed by atoms with E-state index >= 15 is 0 Å². The third-order valence-corrected chi connectivity index (χ3v) is 2.00. The van der Waals surface area contributed by atoms with Crippen LogP contribution < -0.4 is 5.59 Å². The molecule has 1 aromatic rings. The molecule has 0 saturated carbocycles. The van der Waals surface area contributed by atoms with Crippen molar-refractivity contribution in [2.75, 3.05) is 7.11 Å². The SMILES string of the molecule is COC(=O)c1cc(/C=N\NO)ccc1Cl. The van der Waals surface area contributed by atoms with Crippen LogP contribution in [0.15, 0.2) is 23.3 Å². The standard InChI is InChI=1S/C9H9ClN2O3/c1-15-9(13)7-4-6(5-11-12-14)2-3-8(7)10/h2-5,12,14H,1H3/b11-5-. The number of methoxy groups -OCH3 is 1. The molecule has 0 fully saturated rings. The summed E-state index contributed by atoms with van der Waals surface area (Å²) in [6.45, 7) is 0. The first-order valence-corrected chi connectivity index (χ1v) is 4.37. The smallest absolute Gasteiger partial charge is 0.339 e. The minimum Gasteiger partial charge on any atom is -0.465 e. The van der Waals surface area contributed by atoms with E-state index in [4.69, 9.17) is 16.8 Å². The first-order chi connectivity index (χ1) is 7.19. The van der Waals surface area contributed by atoms with Crippen LogP contribution in [0.3, 0.4) is 0 Å². The summed E-state index contributed by atoms with van der Waals surface area (Å²) in [4.78, 5) is 11.2. The van der Waals surface area contributed by atoms with E-state index in [0.717, 1.165) is 0 Å². The second-order valence-corrected chi connectivity index (χ2v) is 3.00. The van der Waals surface area contributed by atoms with Crippen LogP contribution in [0.2, 0.25) is 5.02 Å². The van der Waals surface area contributed by atoms with Crippen LogP contribution in [0.4, 0.5) is 0 Å². The number of carbonyl (C=O) groups excluding carboxylic acids is 1. The first-order valence-electron chi connectivity index (χ1n) is 3.99. The van der Waals surface area contributed by atoms with Gasteiger partial charge in [0.05, 0.1) is 23.9 Å². The lowest BCUT2D eigenvalue weighted by Gasteiger charge is -2.02. The van der Waals surface area contributed by atoms with Gasteiger partial charge in [-0.1, -0.05) is 17.7 Å². The van der Waals surface area contributed by atoms with Gasteiger partial charge in [0.1, 0.15) is 0 Å². The maximum Gasteiger partial charge on any atom is 0.339 e. The van der Waals surface area contributed by atoms with E-state index in [1.165, 1.54) is 19.4 Å². The van der Waals surface area contributed by atoms with Gasteiger partial charge in [-0.05, 0) is 17.7 Å². The van der Waals surface area contributed by atoms with Crippen molar-refractivity contribution < 1.29 is 14.7 Å². The van der Waals surface area contributed by atoms with Crippen LogP contribution in [0.25, 0.3) is 0 Å². The Morgan fingerprint density at radius 3 is 3.00 bits per heavy atom. The zero-order chi connectivity index (χ0) is 11.3. The number of nitrogens with one attached hydrogen (secondary N) is 1. The summed E-state index contributed by atoms with van der Waals surface area (Å²) in [5.41, 5.74) is 2.48. The number of hydrazone groups is 1. The molecule has 0 atom stereocenters. The zero-order valence-electron chi connectivity index (χ0n) is 7.90. The molecule has 0 aromatic heterocycles. The molecule has 0 aliphatic carbocycles. The first kappa shape index (κ1) is 11.5. The van der Waals surface area contributed by atoms with Gasteiger partial charge in [-0.3, -0.25) is 5.21 Å². The van der Waals surface area contributed by atoms with Gasteiger partial charge in [0.2, 0.25) is 0 Å². The van der Waals surface area contributed by atoms with E-state index < -0.39 is 5.97 Å². The van der Waals surface area contributed by atoms with Crippen molar-refractivity contribution >= 4 is 23.8 Å². The molecule has 0 unspecified atom stereocenters. The largest absolute Gasteiger partial charge is 0.465 e. The number of nitrogens with zero attached hydrogens (tertiary/aromatic N) is 1. The van der Waals surface area contributed by atoms with Crippen LogP contribution in [0, 0.1) is 0 Å². The van der Waals surface area contributed by atoms with E-state index in [2.05, 4.69) is 9.84 Å². The van der Waals surface area contributed by atoms with E-state index in [0.29, 0.717) is 10.6 Å². The van der Waals surface area contributed by atoms with Crippen LogP contribution in [-0.4, -0.2) is 24.5 Å². The molecule has 0 aliphatic rings. The van der Waals surface area contributed by atoms with Crippen LogP contribution in [0.1, 0.15) is 15.9 Å². The average Bonchev–Trinajstić information content (AvgIpc) is 2.27. The molecule has 0 bridgehead atoms. The fraction of sp³-hybridized carbons (Fsp3) is 0.111. The minimum absolute atomic E-state index is 0.251. The number of hydrogen-bond acceptors (Lipinski definition) is 5. The van der Waals surface area contributed by atoms with Crippen molar-refractivity contribution in [1.29, 1.82) is 0 Å². The second kappa shape index (κ2) is 5.33. The molecule has 0 saturated heterocycles. The molecule has 0 radical (unpaired) electrons. The Bertz CT molecular complexity index is 393. The molecule has 0 amide bonds. The van der Waals surface area contributed by atoms with Crippen molar-refractivity contribution in [2.24, 2.45) is 5.10 Å². The number of esters is 1. The van der Waals surface area contributed by atoms with Gasteiger partial charge in [-0.15, -0.1) is 0 Å². The fourth-order valence-electron chi connectivity index (χ4n) is 0.993. The summed E-state index contributed by atoms with van der Waals surface area (Å²) in [5, 5.41) is 11.9. The van der Waals surface area contributed by atoms with E-state index in [-0.39, 0.29) is 5.56 Å². The molecule has 5 nitrogen and oxygen atoms in total. The normalized spacial score (nSPS) is 10.3. The fourth-order valence-corrected chi connectivity index (χ4v) is 1.19. The third kappa shape index (κ3) is 2.93. The summed E-state index contributed by atoms with van der Waals surface area (Å²) in [6.07, 6.45) is 1.34. The number of hydrogen-bond donors (Lipinski definition) is 2. The molecule has 0 spiro atoms. The highest BCUT2D eigenvalue weighted by Crippen LogP contribution is 2.17. The maximum atomic E-state index is 11.2. The lowest BCUT2D eigenvalue weighted by atomic mass is 10.1. The number of rotatable bonds is 3. The highest BCUT2D eigenvalue weighted by atomic mass is 35.5. The predicted molar refractivity (Wildman–Crippen MR) is 55.3 cm³/mol. The van der Waals surface area contributed by atoms with Crippen molar-refractivity contribution in [3.8, 4) is 0 Å². The van der Waals surface area contributed by atoms with Gasteiger partial charge in [0, 0.05) is 0 Å². The van der Waals surface area contributed by atoms with Crippen molar-refractivity contribution in [2.45, 2.75) is 0 Å². The summed E-state index contributed by atoms with van der Waals surface area (Å²) < 4.78 is 4.54. The monoisotopic (exact) mass is 228 g/mol. The van der Waals surface area contributed by atoms with Gasteiger partial charge in [-0.2, -0.15) is 10.7 Å². The van der Waals surface area contributed by atoms with Crippen molar-refractivity contribution in [3.63, 3.8) is 0 Å². The molecule has 0 heterocycles. The van der Waals surface area contributed by atoms with Crippen LogP contribution in [-0.2, 0) is 4.74 Å². The Labute approximate surface area is 91.3 Å². The Morgan fingerprint density at radius 2 is 2.40 bits per heavy atom. The van der Waals surface area contributed by atoms with E-state index in [1.54, 1.807) is 17.7 Å². The van der Waals surface area contributed by atoms with Crippen molar-refractivity contribution in [1.82, 2.24) is 5.59 Å². The number of benzene rings is 1. The molecule has 80 valence electrons. The predicted octanol–water partition coefficient (Wildman–Crippen LogP) is 1.44. The molecule has 6 heteroatoms. The molecular formula is C9H9ClN2O3. The van der Waals surface area contributed by atoms with Gasteiger partial charge in [0.15, 0.2) is 0 Å². The van der Waals surface area contributed by atoms with Crippen LogP contribution in [0.5, 0.6) is 0 Å². The number of carbonyl (C=O) groups is 1. The molecule has 0 aliphatic heterocycles. The topological polar surface area (TPSA) is 70.9 Å². The molecule has 1 rings (SSSR count). The number of halogens is 1. The Kier molecular flexibility index (Phi) is 4.08. The Morgan fingerprint density at radius 1 is 1.67 bits per heavy atom. The van der Waals surface area contributed by atoms with Gasteiger partial charge >= 0.3 is 5.97 Å². The quantitative estimate of drug-likeness (QED) is 0.467. The summed E-state index contributed by atoms with van der Waals surface area (Å²) >= 11 is 5.79. The summed E-state index contributed by atoms with van der Waals surface area (Å²) in [6, 6.07) is 4.71. The number of ether oxygens (including phenoxy) is 1. The molecule has 2 N–H and O–H groups in total. The third-order valence-electron chi connectivity index (χ3n) is 1.67. The summed E-state index contributed by atoms with van der Waals surface area (Å²) in [7, 11) is 1.27. The molecule has 15 heavy (non-hydrogen) atoms. The van der Waals surface area contributed by atoms with E-state index in [9.17, 15) is 4.79 Å². The lowest BCUT2D eigenvalue weighted by Crippen LogP contribution is -2.03. The van der Waals surface area contributed by atoms with E-state index in [1.807, 2.05) is 0 Å². The van der Waals surface area contributed by atoms with Crippen molar-refractivity contribution in [3.05, 3.63) is 34.3 Å². The average molecular weight is 229 g/mol. The molecule has 1 aromatic carbocycles.